The van der Waals surface area contributed by atoms with Gasteiger partial charge in [0.1, 0.15) is 16.5 Å². The largest absolute Gasteiger partial charge is 0.507 e. The highest BCUT2D eigenvalue weighted by atomic mass is 35.5. The third kappa shape index (κ3) is 2.40. The monoisotopic (exact) mass is 318 g/mol. The summed E-state index contributed by atoms with van der Waals surface area (Å²) in [6, 6.07) is 4.92. The first-order valence-corrected chi connectivity index (χ1v) is 7.40. The Morgan fingerprint density at radius 1 is 1.33 bits per heavy atom. The van der Waals surface area contributed by atoms with E-state index in [2.05, 4.69) is 16.5 Å². The highest BCUT2D eigenvalue weighted by molar-refractivity contribution is 7.13. The fourth-order valence-electron chi connectivity index (χ4n) is 2.01. The van der Waals surface area contributed by atoms with Crippen LogP contribution in [0.1, 0.15) is 11.3 Å². The summed E-state index contributed by atoms with van der Waals surface area (Å²) >= 11 is 7.65. The molecule has 0 saturated heterocycles. The van der Waals surface area contributed by atoms with Crippen LogP contribution in [0.5, 0.6) is 5.75 Å². The van der Waals surface area contributed by atoms with E-state index in [0.29, 0.717) is 32.2 Å². The van der Waals surface area contributed by atoms with Crippen molar-refractivity contribution in [3.8, 4) is 16.5 Å². The summed E-state index contributed by atoms with van der Waals surface area (Å²) in [4.78, 5) is 8.83. The number of nitrogens with zero attached hydrogens (tertiary/aromatic N) is 2. The zero-order valence-electron chi connectivity index (χ0n) is 10.9. The lowest BCUT2D eigenvalue weighted by molar-refractivity contribution is 0.282. The third-order valence-corrected chi connectivity index (χ3v) is 4.40. The Morgan fingerprint density at radius 2 is 2.14 bits per heavy atom. The maximum Gasteiger partial charge on any atom is 0.142 e. The molecule has 0 aliphatic rings. The Balaban J connectivity index is 2.25. The molecule has 106 valence electrons. The van der Waals surface area contributed by atoms with E-state index in [0.717, 1.165) is 5.69 Å². The maximum atomic E-state index is 10.2. The molecule has 3 rings (SSSR count). The van der Waals surface area contributed by atoms with Crippen LogP contribution in [-0.2, 0) is 6.61 Å². The fourth-order valence-corrected chi connectivity index (χ4v) is 3.04. The van der Waals surface area contributed by atoms with Gasteiger partial charge in [-0.1, -0.05) is 24.2 Å². The number of rotatable bonds is 3. The van der Waals surface area contributed by atoms with Gasteiger partial charge >= 0.3 is 0 Å². The normalized spacial score (nSPS) is 11.0. The van der Waals surface area contributed by atoms with E-state index in [9.17, 15) is 10.2 Å². The number of thiazole rings is 1. The van der Waals surface area contributed by atoms with Crippen molar-refractivity contribution in [2.45, 2.75) is 6.61 Å². The number of aromatic hydroxyl groups is 1. The topological polar surface area (TPSA) is 66.2 Å². The molecule has 0 saturated carbocycles. The number of benzene rings is 1. The van der Waals surface area contributed by atoms with Gasteiger partial charge in [0, 0.05) is 16.8 Å². The molecule has 0 amide bonds. The summed E-state index contributed by atoms with van der Waals surface area (Å²) in [5, 5.41) is 22.8. The predicted octanol–water partition coefficient (Wildman–Crippen LogP) is 3.85. The molecule has 0 spiro atoms. The second-order valence-electron chi connectivity index (χ2n) is 4.40. The molecule has 6 heteroatoms. The fraction of sp³-hybridized carbons (Fsp3) is 0.0667. The van der Waals surface area contributed by atoms with Gasteiger partial charge in [0.05, 0.1) is 22.8 Å². The van der Waals surface area contributed by atoms with Crippen molar-refractivity contribution in [3.63, 3.8) is 0 Å². The minimum absolute atomic E-state index is 0.0803. The van der Waals surface area contributed by atoms with Crippen LogP contribution in [0.2, 0.25) is 5.02 Å². The lowest BCUT2D eigenvalue weighted by atomic mass is 10.1. The van der Waals surface area contributed by atoms with Crippen LogP contribution in [0.15, 0.2) is 30.2 Å². The zero-order chi connectivity index (χ0) is 15.0. The van der Waals surface area contributed by atoms with Crippen molar-refractivity contribution in [1.82, 2.24) is 9.97 Å². The molecule has 21 heavy (non-hydrogen) atoms. The minimum Gasteiger partial charge on any atom is -0.507 e. The SMILES string of the molecule is C=Cc1csc(-c2cc(O)c3ccc(CO)c(Cl)c3n2)n1. The molecule has 0 aliphatic heterocycles. The van der Waals surface area contributed by atoms with Gasteiger partial charge in [-0.15, -0.1) is 11.3 Å². The number of aromatic nitrogens is 2. The van der Waals surface area contributed by atoms with Crippen molar-refractivity contribution in [1.29, 1.82) is 0 Å². The summed E-state index contributed by atoms with van der Waals surface area (Å²) in [7, 11) is 0. The van der Waals surface area contributed by atoms with Gasteiger partial charge in [-0.3, -0.25) is 0 Å². The van der Waals surface area contributed by atoms with Crippen LogP contribution in [-0.4, -0.2) is 20.2 Å². The average Bonchev–Trinajstić information content (AvgIpc) is 2.97. The Bertz CT molecular complexity index is 845. The van der Waals surface area contributed by atoms with Crippen molar-refractivity contribution in [2.75, 3.05) is 0 Å². The maximum absolute atomic E-state index is 10.2. The van der Waals surface area contributed by atoms with E-state index in [4.69, 9.17) is 11.6 Å². The summed E-state index contributed by atoms with van der Waals surface area (Å²) in [6.45, 7) is 3.49. The molecule has 0 fully saturated rings. The van der Waals surface area contributed by atoms with Gasteiger partial charge in [0.2, 0.25) is 0 Å². The van der Waals surface area contributed by atoms with Crippen LogP contribution in [0.4, 0.5) is 0 Å². The van der Waals surface area contributed by atoms with Gasteiger partial charge in [0.25, 0.3) is 0 Å². The van der Waals surface area contributed by atoms with E-state index in [-0.39, 0.29) is 12.4 Å². The quantitative estimate of drug-likeness (QED) is 0.769. The molecule has 4 nitrogen and oxygen atoms in total. The first-order chi connectivity index (χ1) is 10.1. The first-order valence-electron chi connectivity index (χ1n) is 6.14. The number of halogens is 1. The molecule has 3 aromatic rings. The van der Waals surface area contributed by atoms with Gasteiger partial charge in [-0.05, 0) is 17.7 Å². The van der Waals surface area contributed by atoms with Crippen LogP contribution >= 0.6 is 22.9 Å². The molecule has 0 unspecified atom stereocenters. The smallest absolute Gasteiger partial charge is 0.142 e. The van der Waals surface area contributed by atoms with Crippen molar-refractivity contribution >= 4 is 39.9 Å². The van der Waals surface area contributed by atoms with Gasteiger partial charge < -0.3 is 10.2 Å². The third-order valence-electron chi connectivity index (χ3n) is 3.10. The van der Waals surface area contributed by atoms with Crippen LogP contribution < -0.4 is 0 Å². The summed E-state index contributed by atoms with van der Waals surface area (Å²) in [6.07, 6.45) is 1.65. The standard InChI is InChI=1S/C15H11ClN2O2S/c1-2-9-7-21-15(17-9)11-5-12(20)10-4-3-8(6-19)13(16)14(10)18-11/h2-5,7,19H,1,6H2,(H,18,20). The molecule has 0 bridgehead atoms. The lowest BCUT2D eigenvalue weighted by Crippen LogP contribution is -1.91. The second-order valence-corrected chi connectivity index (χ2v) is 5.64. The van der Waals surface area contributed by atoms with E-state index in [1.165, 1.54) is 11.3 Å². The highest BCUT2D eigenvalue weighted by Gasteiger charge is 2.14. The molecular weight excluding hydrogens is 308 g/mol. The van der Waals surface area contributed by atoms with E-state index in [1.54, 1.807) is 24.3 Å². The molecule has 2 aromatic heterocycles. The molecule has 1 aromatic carbocycles. The van der Waals surface area contributed by atoms with Gasteiger partial charge in [-0.2, -0.15) is 0 Å². The number of hydrogen-bond donors (Lipinski definition) is 2. The molecule has 0 aliphatic carbocycles. The van der Waals surface area contributed by atoms with Crippen LogP contribution in [0.25, 0.3) is 27.7 Å². The number of hydrogen-bond acceptors (Lipinski definition) is 5. The summed E-state index contributed by atoms with van der Waals surface area (Å²) in [5.41, 5.74) is 2.31. The molecule has 0 radical (unpaired) electrons. The van der Waals surface area contributed by atoms with Crippen molar-refractivity contribution in [3.05, 3.63) is 46.4 Å². The van der Waals surface area contributed by atoms with E-state index < -0.39 is 0 Å². The molecule has 2 heterocycles. The zero-order valence-corrected chi connectivity index (χ0v) is 12.4. The average molecular weight is 319 g/mol. The Labute approximate surface area is 130 Å². The van der Waals surface area contributed by atoms with Crippen molar-refractivity contribution in [2.24, 2.45) is 0 Å². The van der Waals surface area contributed by atoms with Gasteiger partial charge in [0.15, 0.2) is 0 Å². The van der Waals surface area contributed by atoms with E-state index >= 15 is 0 Å². The van der Waals surface area contributed by atoms with Crippen molar-refractivity contribution < 1.29 is 10.2 Å². The van der Waals surface area contributed by atoms with E-state index in [1.807, 2.05) is 5.38 Å². The summed E-state index contributed by atoms with van der Waals surface area (Å²) in [5.74, 6) is 0.0803. The van der Waals surface area contributed by atoms with Gasteiger partial charge in [-0.25, -0.2) is 9.97 Å². The minimum atomic E-state index is -0.181. The lowest BCUT2D eigenvalue weighted by Gasteiger charge is -2.08. The van der Waals surface area contributed by atoms with Crippen LogP contribution in [0.3, 0.4) is 0 Å². The number of aliphatic hydroxyl groups excluding tert-OH is 1. The van der Waals surface area contributed by atoms with Crippen LogP contribution in [0, 0.1) is 0 Å². The molecular formula is C15H11ClN2O2S. The predicted molar refractivity (Wildman–Crippen MR) is 85.5 cm³/mol. The molecule has 2 N–H and O–H groups in total. The Hall–Kier alpha value is -1.95. The number of fused-ring (bicyclic) bond motifs is 1. The number of aliphatic hydroxyl groups is 1. The first kappa shape index (κ1) is 14.0. The number of pyridine rings is 1. The highest BCUT2D eigenvalue weighted by Crippen LogP contribution is 2.35. The second kappa shape index (κ2) is 5.44. The molecule has 0 atom stereocenters. The Kier molecular flexibility index (Phi) is 3.63. The Morgan fingerprint density at radius 3 is 2.81 bits per heavy atom. The summed E-state index contributed by atoms with van der Waals surface area (Å²) < 4.78 is 0.